The summed E-state index contributed by atoms with van der Waals surface area (Å²) in [6.45, 7) is 4.66. The molecule has 1 saturated heterocycles. The molecule has 2 heterocycles. The second-order valence-electron chi connectivity index (χ2n) is 5.38. The lowest BCUT2D eigenvalue weighted by Crippen LogP contribution is -2.40. The molecule has 106 valence electrons. The maximum absolute atomic E-state index is 12.7. The van der Waals surface area contributed by atoms with E-state index in [1.807, 2.05) is 42.3 Å². The van der Waals surface area contributed by atoms with Gasteiger partial charge in [-0.25, -0.2) is 0 Å². The molecule has 1 aliphatic heterocycles. The van der Waals surface area contributed by atoms with Gasteiger partial charge in [-0.3, -0.25) is 4.79 Å². The fourth-order valence-corrected chi connectivity index (χ4v) is 2.95. The van der Waals surface area contributed by atoms with Gasteiger partial charge in [-0.15, -0.1) is 0 Å². The van der Waals surface area contributed by atoms with E-state index in [1.54, 1.807) is 0 Å². The van der Waals surface area contributed by atoms with Crippen LogP contribution >= 0.6 is 0 Å². The summed E-state index contributed by atoms with van der Waals surface area (Å²) in [7, 11) is 0. The highest BCUT2D eigenvalue weighted by atomic mass is 16.2. The van der Waals surface area contributed by atoms with Crippen LogP contribution in [0.1, 0.15) is 30.1 Å². The number of rotatable bonds is 4. The largest absolute Gasteiger partial charge is 0.360 e. The Balaban J connectivity index is 1.82. The van der Waals surface area contributed by atoms with E-state index in [-0.39, 0.29) is 5.91 Å². The van der Waals surface area contributed by atoms with Gasteiger partial charge in [-0.05, 0) is 32.4 Å². The number of amides is 1. The van der Waals surface area contributed by atoms with E-state index in [0.717, 1.165) is 42.5 Å². The minimum absolute atomic E-state index is 0.124. The van der Waals surface area contributed by atoms with Crippen LogP contribution in [-0.2, 0) is 0 Å². The molecule has 2 N–H and O–H groups in total. The van der Waals surface area contributed by atoms with Crippen LogP contribution in [0, 0.1) is 0 Å². The second-order valence-corrected chi connectivity index (χ2v) is 5.38. The number of carbonyl (C=O) groups is 1. The van der Waals surface area contributed by atoms with Crippen molar-refractivity contribution in [2.45, 2.75) is 25.8 Å². The van der Waals surface area contributed by atoms with E-state index < -0.39 is 0 Å². The third-order valence-electron chi connectivity index (χ3n) is 4.09. The Kier molecular flexibility index (Phi) is 3.74. The molecule has 0 spiro atoms. The number of benzene rings is 1. The Hall–Kier alpha value is -1.81. The number of hydrogen-bond donors (Lipinski definition) is 2. The van der Waals surface area contributed by atoms with Gasteiger partial charge in [0.05, 0.1) is 5.56 Å². The van der Waals surface area contributed by atoms with E-state index in [2.05, 4.69) is 10.3 Å². The first-order valence-electron chi connectivity index (χ1n) is 7.38. The van der Waals surface area contributed by atoms with Crippen LogP contribution in [0.5, 0.6) is 0 Å². The van der Waals surface area contributed by atoms with Crippen molar-refractivity contribution in [3.05, 3.63) is 36.0 Å². The quantitative estimate of drug-likeness (QED) is 0.897. The van der Waals surface area contributed by atoms with Crippen LogP contribution in [0.25, 0.3) is 10.9 Å². The first kappa shape index (κ1) is 13.2. The summed E-state index contributed by atoms with van der Waals surface area (Å²) in [5, 5.41) is 4.47. The maximum atomic E-state index is 12.7. The summed E-state index contributed by atoms with van der Waals surface area (Å²) in [6.07, 6.45) is 4.21. The van der Waals surface area contributed by atoms with Gasteiger partial charge in [0.1, 0.15) is 0 Å². The third-order valence-corrected chi connectivity index (χ3v) is 4.09. The zero-order valence-electron chi connectivity index (χ0n) is 11.9. The zero-order chi connectivity index (χ0) is 13.9. The number of fused-ring (bicyclic) bond motifs is 1. The molecule has 4 heteroatoms. The first-order valence-corrected chi connectivity index (χ1v) is 7.38. The average molecular weight is 271 g/mol. The van der Waals surface area contributed by atoms with Crippen LogP contribution in [-0.4, -0.2) is 41.5 Å². The fourth-order valence-electron chi connectivity index (χ4n) is 2.95. The Morgan fingerprint density at radius 2 is 2.25 bits per heavy atom. The second kappa shape index (κ2) is 5.67. The number of carbonyl (C=O) groups excluding carboxylic acids is 1. The number of H-pyrrole nitrogens is 1. The fraction of sp³-hybridized carbons (Fsp3) is 0.438. The first-order chi connectivity index (χ1) is 9.79. The van der Waals surface area contributed by atoms with E-state index in [0.29, 0.717) is 6.04 Å². The highest BCUT2D eigenvalue weighted by Crippen LogP contribution is 2.20. The van der Waals surface area contributed by atoms with Crippen molar-refractivity contribution >= 4 is 16.8 Å². The monoisotopic (exact) mass is 271 g/mol. The zero-order valence-corrected chi connectivity index (χ0v) is 11.9. The van der Waals surface area contributed by atoms with Crippen molar-refractivity contribution in [3.63, 3.8) is 0 Å². The lowest BCUT2D eigenvalue weighted by Gasteiger charge is -2.24. The Bertz CT molecular complexity index is 599. The van der Waals surface area contributed by atoms with E-state index in [9.17, 15) is 4.79 Å². The topological polar surface area (TPSA) is 48.1 Å². The van der Waals surface area contributed by atoms with Gasteiger partial charge >= 0.3 is 0 Å². The molecule has 4 nitrogen and oxygen atoms in total. The van der Waals surface area contributed by atoms with Gasteiger partial charge in [-0.1, -0.05) is 18.2 Å². The molecular weight excluding hydrogens is 250 g/mol. The number of likely N-dealkylation sites (N-methyl/N-ethyl adjacent to an activating group) is 1. The van der Waals surface area contributed by atoms with Crippen molar-refractivity contribution in [1.82, 2.24) is 15.2 Å². The predicted octanol–water partition coefficient (Wildman–Crippen LogP) is 2.38. The van der Waals surface area contributed by atoms with Crippen LogP contribution in [0.3, 0.4) is 0 Å². The lowest BCUT2D eigenvalue weighted by molar-refractivity contribution is 0.0753. The summed E-state index contributed by atoms with van der Waals surface area (Å²) in [5.41, 5.74) is 1.80. The number of aromatic nitrogens is 1. The Morgan fingerprint density at radius 1 is 1.40 bits per heavy atom. The summed E-state index contributed by atoms with van der Waals surface area (Å²) < 4.78 is 0. The van der Waals surface area contributed by atoms with E-state index in [4.69, 9.17) is 0 Å². The molecule has 3 rings (SSSR count). The molecule has 20 heavy (non-hydrogen) atoms. The smallest absolute Gasteiger partial charge is 0.256 e. The Labute approximate surface area is 119 Å². The van der Waals surface area contributed by atoms with Crippen molar-refractivity contribution in [3.8, 4) is 0 Å². The number of aromatic amines is 1. The number of para-hydroxylation sites is 1. The molecule has 1 fully saturated rings. The predicted molar refractivity (Wildman–Crippen MR) is 80.9 cm³/mol. The van der Waals surface area contributed by atoms with E-state index >= 15 is 0 Å². The maximum Gasteiger partial charge on any atom is 0.256 e. The molecular formula is C16H21N3O. The minimum atomic E-state index is 0.124. The van der Waals surface area contributed by atoms with Gasteiger partial charge in [-0.2, -0.15) is 0 Å². The van der Waals surface area contributed by atoms with Crippen LogP contribution in [0.2, 0.25) is 0 Å². The third kappa shape index (κ3) is 2.43. The molecule has 1 unspecified atom stereocenters. The highest BCUT2D eigenvalue weighted by molar-refractivity contribution is 6.06. The van der Waals surface area contributed by atoms with Crippen LogP contribution in [0.15, 0.2) is 30.5 Å². The highest BCUT2D eigenvalue weighted by Gasteiger charge is 2.22. The Morgan fingerprint density at radius 3 is 3.00 bits per heavy atom. The molecule has 0 saturated carbocycles. The summed E-state index contributed by atoms with van der Waals surface area (Å²) in [4.78, 5) is 17.8. The molecule has 0 radical (unpaired) electrons. The standard InChI is InChI=1S/C16H21N3O/c1-2-19(11-12-6-5-9-17-12)16(20)14-10-18-15-8-4-3-7-13(14)15/h3-4,7-8,10,12,17-18H,2,5-6,9,11H2,1H3. The summed E-state index contributed by atoms with van der Waals surface area (Å²) in [6, 6.07) is 8.40. The van der Waals surface area contributed by atoms with Gasteiger partial charge in [0.2, 0.25) is 0 Å². The minimum Gasteiger partial charge on any atom is -0.360 e. The summed E-state index contributed by atoms with van der Waals surface area (Å²) >= 11 is 0. The van der Waals surface area contributed by atoms with E-state index in [1.165, 1.54) is 6.42 Å². The molecule has 2 aromatic rings. The van der Waals surface area contributed by atoms with Gasteiger partial charge in [0.25, 0.3) is 5.91 Å². The van der Waals surface area contributed by atoms with Crippen molar-refractivity contribution in [2.24, 2.45) is 0 Å². The molecule has 1 aromatic heterocycles. The number of nitrogens with one attached hydrogen (secondary N) is 2. The molecule has 1 aliphatic rings. The number of nitrogens with zero attached hydrogens (tertiary/aromatic N) is 1. The molecule has 1 atom stereocenters. The SMILES string of the molecule is CCN(CC1CCCN1)C(=O)c1c[nH]c2ccccc12. The average Bonchev–Trinajstić information content (AvgIpc) is 3.13. The number of hydrogen-bond acceptors (Lipinski definition) is 2. The van der Waals surface area contributed by atoms with Crippen LogP contribution in [0.4, 0.5) is 0 Å². The van der Waals surface area contributed by atoms with Gasteiger partial charge in [0.15, 0.2) is 0 Å². The van der Waals surface area contributed by atoms with Crippen LogP contribution < -0.4 is 5.32 Å². The normalized spacial score (nSPS) is 18.6. The molecule has 1 aromatic carbocycles. The summed E-state index contributed by atoms with van der Waals surface area (Å²) in [5.74, 6) is 0.124. The van der Waals surface area contributed by atoms with Crippen molar-refractivity contribution < 1.29 is 4.79 Å². The molecule has 0 bridgehead atoms. The van der Waals surface area contributed by atoms with Gasteiger partial charge in [0, 0.05) is 36.2 Å². The van der Waals surface area contributed by atoms with Gasteiger partial charge < -0.3 is 15.2 Å². The molecule has 0 aliphatic carbocycles. The van der Waals surface area contributed by atoms with Crippen molar-refractivity contribution in [2.75, 3.05) is 19.6 Å². The lowest BCUT2D eigenvalue weighted by atomic mass is 10.1. The van der Waals surface area contributed by atoms with Crippen molar-refractivity contribution in [1.29, 1.82) is 0 Å². The molecule has 1 amide bonds.